The van der Waals surface area contributed by atoms with Gasteiger partial charge in [0.2, 0.25) is 0 Å². The smallest absolute Gasteiger partial charge is 0.123 e. The zero-order valence-corrected chi connectivity index (χ0v) is 10.2. The van der Waals surface area contributed by atoms with Gasteiger partial charge in [-0.2, -0.15) is 0 Å². The highest BCUT2D eigenvalue weighted by Gasteiger charge is 2.07. The van der Waals surface area contributed by atoms with Crippen LogP contribution in [0.5, 0.6) is 0 Å². The van der Waals surface area contributed by atoms with Crippen molar-refractivity contribution in [3.63, 3.8) is 0 Å². The molecule has 0 amide bonds. The van der Waals surface area contributed by atoms with Crippen LogP contribution in [0, 0.1) is 5.82 Å². The van der Waals surface area contributed by atoms with Crippen LogP contribution < -0.4 is 5.32 Å². The van der Waals surface area contributed by atoms with Crippen molar-refractivity contribution in [1.29, 1.82) is 0 Å². The third-order valence-corrected chi connectivity index (χ3v) is 2.52. The van der Waals surface area contributed by atoms with E-state index in [0.29, 0.717) is 12.1 Å². The van der Waals surface area contributed by atoms with E-state index < -0.39 is 6.10 Å². The molecule has 0 aliphatic carbocycles. The summed E-state index contributed by atoms with van der Waals surface area (Å²) in [5.41, 5.74) is 0.606. The molecular formula is C13H20FNO2. The normalized spacial score (nSPS) is 12.6. The third-order valence-electron chi connectivity index (χ3n) is 2.52. The average molecular weight is 241 g/mol. The van der Waals surface area contributed by atoms with Crippen molar-refractivity contribution in [3.8, 4) is 0 Å². The topological polar surface area (TPSA) is 41.5 Å². The number of aliphatic hydroxyl groups excluding tert-OH is 1. The summed E-state index contributed by atoms with van der Waals surface area (Å²) >= 11 is 0. The lowest BCUT2D eigenvalue weighted by Gasteiger charge is -2.12. The van der Waals surface area contributed by atoms with Gasteiger partial charge in [0, 0.05) is 20.3 Å². The van der Waals surface area contributed by atoms with Gasteiger partial charge in [-0.05, 0) is 37.1 Å². The maximum atomic E-state index is 12.9. The number of hydrogen-bond acceptors (Lipinski definition) is 3. The molecule has 1 aromatic carbocycles. The summed E-state index contributed by atoms with van der Waals surface area (Å²) in [4.78, 5) is 0. The average Bonchev–Trinajstić information content (AvgIpc) is 2.33. The Morgan fingerprint density at radius 3 is 2.94 bits per heavy atom. The van der Waals surface area contributed by atoms with Gasteiger partial charge in [0.25, 0.3) is 0 Å². The highest BCUT2D eigenvalue weighted by Crippen LogP contribution is 2.12. The minimum Gasteiger partial charge on any atom is -0.387 e. The maximum Gasteiger partial charge on any atom is 0.123 e. The SMILES string of the molecule is COCCCCNCC(O)c1cccc(F)c1. The van der Waals surface area contributed by atoms with Gasteiger partial charge in [0.15, 0.2) is 0 Å². The van der Waals surface area contributed by atoms with E-state index >= 15 is 0 Å². The Hall–Kier alpha value is -0.970. The molecule has 0 saturated carbocycles. The lowest BCUT2D eigenvalue weighted by molar-refractivity contribution is 0.171. The first-order chi connectivity index (χ1) is 8.24. The number of aliphatic hydroxyl groups is 1. The van der Waals surface area contributed by atoms with Crippen LogP contribution in [0.25, 0.3) is 0 Å². The Balaban J connectivity index is 2.19. The number of benzene rings is 1. The maximum absolute atomic E-state index is 12.9. The van der Waals surface area contributed by atoms with Crippen LogP contribution in [-0.2, 0) is 4.74 Å². The Morgan fingerprint density at radius 1 is 1.41 bits per heavy atom. The summed E-state index contributed by atoms with van der Waals surface area (Å²) in [5, 5.41) is 12.9. The van der Waals surface area contributed by atoms with Gasteiger partial charge in [0.05, 0.1) is 6.10 Å². The lowest BCUT2D eigenvalue weighted by atomic mass is 10.1. The summed E-state index contributed by atoms with van der Waals surface area (Å²) in [6.45, 7) is 2.03. The molecule has 0 heterocycles. The van der Waals surface area contributed by atoms with Crippen molar-refractivity contribution in [3.05, 3.63) is 35.6 Å². The molecule has 1 unspecified atom stereocenters. The molecular weight excluding hydrogens is 221 g/mol. The fraction of sp³-hybridized carbons (Fsp3) is 0.538. The monoisotopic (exact) mass is 241 g/mol. The van der Waals surface area contributed by atoms with Gasteiger partial charge >= 0.3 is 0 Å². The van der Waals surface area contributed by atoms with Crippen LogP contribution in [0.15, 0.2) is 24.3 Å². The van der Waals surface area contributed by atoms with Gasteiger partial charge < -0.3 is 15.2 Å². The first-order valence-electron chi connectivity index (χ1n) is 5.87. The van der Waals surface area contributed by atoms with Gasteiger partial charge in [-0.1, -0.05) is 12.1 Å². The fourth-order valence-electron chi connectivity index (χ4n) is 1.57. The molecule has 0 spiro atoms. The second-order valence-electron chi connectivity index (χ2n) is 3.97. The van der Waals surface area contributed by atoms with Crippen LogP contribution >= 0.6 is 0 Å². The highest BCUT2D eigenvalue weighted by molar-refractivity contribution is 5.18. The third kappa shape index (κ3) is 5.77. The molecule has 0 radical (unpaired) electrons. The standard InChI is InChI=1S/C13H20FNO2/c1-17-8-3-2-7-15-10-13(16)11-5-4-6-12(14)9-11/h4-6,9,13,15-16H,2-3,7-8,10H2,1H3. The minimum absolute atomic E-state index is 0.318. The molecule has 0 fully saturated rings. The summed E-state index contributed by atoms with van der Waals surface area (Å²) in [6.07, 6.45) is 1.34. The first kappa shape index (κ1) is 14.1. The minimum atomic E-state index is -0.659. The highest BCUT2D eigenvalue weighted by atomic mass is 19.1. The number of unbranched alkanes of at least 4 members (excludes halogenated alkanes) is 1. The quantitative estimate of drug-likeness (QED) is 0.683. The predicted octanol–water partition coefficient (Wildman–Crippen LogP) is 1.88. The van der Waals surface area contributed by atoms with Crippen LogP contribution in [0.1, 0.15) is 24.5 Å². The van der Waals surface area contributed by atoms with Crippen molar-refractivity contribution in [2.45, 2.75) is 18.9 Å². The Kier molecular flexibility index (Phi) is 6.77. The van der Waals surface area contributed by atoms with Crippen LogP contribution in [0.2, 0.25) is 0 Å². The molecule has 0 aromatic heterocycles. The Morgan fingerprint density at radius 2 is 2.24 bits per heavy atom. The van der Waals surface area contributed by atoms with Gasteiger partial charge in [-0.15, -0.1) is 0 Å². The summed E-state index contributed by atoms with van der Waals surface area (Å²) in [7, 11) is 1.68. The van der Waals surface area contributed by atoms with E-state index in [0.717, 1.165) is 26.0 Å². The number of nitrogens with one attached hydrogen (secondary N) is 1. The van der Waals surface area contributed by atoms with Crippen LogP contribution in [0.3, 0.4) is 0 Å². The zero-order valence-electron chi connectivity index (χ0n) is 10.2. The van der Waals surface area contributed by atoms with E-state index in [1.54, 1.807) is 19.2 Å². The zero-order chi connectivity index (χ0) is 12.5. The molecule has 0 aliphatic heterocycles. The van der Waals surface area contributed by atoms with Crippen LogP contribution in [-0.4, -0.2) is 31.9 Å². The second kappa shape index (κ2) is 8.17. The number of halogens is 1. The lowest BCUT2D eigenvalue weighted by Crippen LogP contribution is -2.22. The first-order valence-corrected chi connectivity index (χ1v) is 5.87. The van der Waals surface area contributed by atoms with E-state index in [1.807, 2.05) is 0 Å². The molecule has 4 heteroatoms. The molecule has 0 aliphatic rings. The molecule has 0 bridgehead atoms. The van der Waals surface area contributed by atoms with Crippen molar-refractivity contribution >= 4 is 0 Å². The molecule has 1 rings (SSSR count). The van der Waals surface area contributed by atoms with Crippen molar-refractivity contribution < 1.29 is 14.2 Å². The van der Waals surface area contributed by atoms with E-state index in [4.69, 9.17) is 4.74 Å². The summed E-state index contributed by atoms with van der Waals surface area (Å²) in [6, 6.07) is 6.05. The van der Waals surface area contributed by atoms with Crippen LogP contribution in [0.4, 0.5) is 4.39 Å². The van der Waals surface area contributed by atoms with E-state index in [1.165, 1.54) is 12.1 Å². The number of rotatable bonds is 8. The molecule has 2 N–H and O–H groups in total. The van der Waals surface area contributed by atoms with E-state index in [-0.39, 0.29) is 5.82 Å². The van der Waals surface area contributed by atoms with Gasteiger partial charge in [0.1, 0.15) is 5.82 Å². The fourth-order valence-corrected chi connectivity index (χ4v) is 1.57. The Bertz CT molecular complexity index is 320. The molecule has 3 nitrogen and oxygen atoms in total. The van der Waals surface area contributed by atoms with Gasteiger partial charge in [-0.25, -0.2) is 4.39 Å². The summed E-state index contributed by atoms with van der Waals surface area (Å²) in [5.74, 6) is -0.318. The number of hydrogen-bond donors (Lipinski definition) is 2. The molecule has 96 valence electrons. The second-order valence-corrected chi connectivity index (χ2v) is 3.97. The molecule has 17 heavy (non-hydrogen) atoms. The summed E-state index contributed by atoms with van der Waals surface area (Å²) < 4.78 is 17.8. The number of methoxy groups -OCH3 is 1. The molecule has 0 saturated heterocycles. The van der Waals surface area contributed by atoms with Crippen molar-refractivity contribution in [1.82, 2.24) is 5.32 Å². The number of ether oxygens (including phenoxy) is 1. The molecule has 1 aromatic rings. The predicted molar refractivity (Wildman–Crippen MR) is 65.3 cm³/mol. The Labute approximate surface area is 102 Å². The largest absolute Gasteiger partial charge is 0.387 e. The van der Waals surface area contributed by atoms with Crippen molar-refractivity contribution in [2.24, 2.45) is 0 Å². The van der Waals surface area contributed by atoms with Gasteiger partial charge in [-0.3, -0.25) is 0 Å². The van der Waals surface area contributed by atoms with E-state index in [9.17, 15) is 9.50 Å². The molecule has 1 atom stereocenters. The van der Waals surface area contributed by atoms with Crippen molar-refractivity contribution in [2.75, 3.05) is 26.8 Å². The van der Waals surface area contributed by atoms with E-state index in [2.05, 4.69) is 5.32 Å².